The van der Waals surface area contributed by atoms with Gasteiger partial charge in [-0.2, -0.15) is 5.10 Å². The van der Waals surface area contributed by atoms with Crippen LogP contribution in [0.4, 0.5) is 0 Å². The maximum absolute atomic E-state index is 11.7. The van der Waals surface area contributed by atoms with Crippen molar-refractivity contribution in [2.45, 2.75) is 13.5 Å². The van der Waals surface area contributed by atoms with E-state index in [1.807, 2.05) is 31.2 Å². The monoisotopic (exact) mass is 329 g/mol. The number of nitrogens with one attached hydrogen (secondary N) is 2. The summed E-state index contributed by atoms with van der Waals surface area (Å²) < 4.78 is 0. The van der Waals surface area contributed by atoms with Gasteiger partial charge in [0.15, 0.2) is 0 Å². The fraction of sp³-hybridized carbons (Fsp3) is 0.118. The summed E-state index contributed by atoms with van der Waals surface area (Å²) in [4.78, 5) is 23.3. The number of benzene rings is 2. The molecule has 2 aromatic carbocycles. The summed E-state index contributed by atoms with van der Waals surface area (Å²) >= 11 is 5.76. The van der Waals surface area contributed by atoms with Crippen molar-refractivity contribution in [3.05, 3.63) is 70.2 Å². The Morgan fingerprint density at radius 3 is 2.35 bits per heavy atom. The first-order valence-corrected chi connectivity index (χ1v) is 7.35. The summed E-state index contributed by atoms with van der Waals surface area (Å²) in [6.45, 7) is 2.27. The maximum Gasteiger partial charge on any atom is 0.329 e. The third-order valence-electron chi connectivity index (χ3n) is 3.03. The Balaban J connectivity index is 1.79. The Labute approximate surface area is 139 Å². The van der Waals surface area contributed by atoms with Gasteiger partial charge in [-0.1, -0.05) is 53.6 Å². The molecule has 2 N–H and O–H groups in total. The van der Waals surface area contributed by atoms with Gasteiger partial charge in [0.1, 0.15) is 0 Å². The zero-order valence-corrected chi connectivity index (χ0v) is 13.3. The van der Waals surface area contributed by atoms with Crippen LogP contribution in [0, 0.1) is 6.92 Å². The Bertz CT molecular complexity index is 710. The largest absolute Gasteiger partial charge is 0.344 e. The van der Waals surface area contributed by atoms with Crippen molar-refractivity contribution in [2.75, 3.05) is 0 Å². The molecule has 0 aromatic heterocycles. The molecule has 2 aromatic rings. The Hall–Kier alpha value is -2.66. The first-order chi connectivity index (χ1) is 11.0. The van der Waals surface area contributed by atoms with E-state index in [4.69, 9.17) is 11.6 Å². The van der Waals surface area contributed by atoms with Gasteiger partial charge >= 0.3 is 11.8 Å². The number of aryl methyl sites for hydroxylation is 1. The van der Waals surface area contributed by atoms with Crippen LogP contribution in [0.5, 0.6) is 0 Å². The fourth-order valence-electron chi connectivity index (χ4n) is 1.73. The third kappa shape index (κ3) is 5.56. The van der Waals surface area contributed by atoms with Gasteiger partial charge in [-0.15, -0.1) is 0 Å². The molecule has 118 valence electrons. The number of carbonyl (C=O) groups excluding carboxylic acids is 2. The molecule has 0 aliphatic heterocycles. The molecule has 6 heteroatoms. The van der Waals surface area contributed by atoms with Gasteiger partial charge in [0, 0.05) is 11.6 Å². The predicted octanol–water partition coefficient (Wildman–Crippen LogP) is 2.41. The highest BCUT2D eigenvalue weighted by molar-refractivity contribution is 6.35. The molecule has 0 atom stereocenters. The van der Waals surface area contributed by atoms with Crippen molar-refractivity contribution in [1.82, 2.24) is 10.7 Å². The molecule has 2 rings (SSSR count). The van der Waals surface area contributed by atoms with E-state index in [9.17, 15) is 9.59 Å². The Morgan fingerprint density at radius 2 is 1.70 bits per heavy atom. The van der Waals surface area contributed by atoms with Crippen molar-refractivity contribution in [1.29, 1.82) is 0 Å². The van der Waals surface area contributed by atoms with E-state index in [1.165, 1.54) is 6.21 Å². The van der Waals surface area contributed by atoms with Crippen LogP contribution >= 0.6 is 11.6 Å². The van der Waals surface area contributed by atoms with E-state index in [2.05, 4.69) is 15.8 Å². The highest BCUT2D eigenvalue weighted by Gasteiger charge is 2.11. The van der Waals surface area contributed by atoms with Crippen molar-refractivity contribution in [3.8, 4) is 0 Å². The zero-order valence-electron chi connectivity index (χ0n) is 12.5. The van der Waals surface area contributed by atoms with Gasteiger partial charge in [-0.3, -0.25) is 9.59 Å². The van der Waals surface area contributed by atoms with Crippen LogP contribution in [-0.2, 0) is 16.1 Å². The van der Waals surface area contributed by atoms with Crippen LogP contribution in [-0.4, -0.2) is 18.0 Å². The molecule has 5 nitrogen and oxygen atoms in total. The number of nitrogens with zero attached hydrogens (tertiary/aromatic N) is 1. The first kappa shape index (κ1) is 16.7. The van der Waals surface area contributed by atoms with Gasteiger partial charge in [-0.25, -0.2) is 5.43 Å². The zero-order chi connectivity index (χ0) is 16.7. The van der Waals surface area contributed by atoms with Crippen LogP contribution in [0.1, 0.15) is 16.7 Å². The number of hydrazone groups is 1. The van der Waals surface area contributed by atoms with Gasteiger partial charge in [0.05, 0.1) is 6.21 Å². The lowest BCUT2D eigenvalue weighted by molar-refractivity contribution is -0.139. The van der Waals surface area contributed by atoms with Crippen molar-refractivity contribution < 1.29 is 9.59 Å². The number of halogens is 1. The first-order valence-electron chi connectivity index (χ1n) is 6.97. The van der Waals surface area contributed by atoms with Crippen molar-refractivity contribution in [3.63, 3.8) is 0 Å². The average Bonchev–Trinajstić information content (AvgIpc) is 2.55. The summed E-state index contributed by atoms with van der Waals surface area (Å²) in [5.74, 6) is -1.55. The second-order valence-electron chi connectivity index (χ2n) is 4.92. The quantitative estimate of drug-likeness (QED) is 0.514. The minimum absolute atomic E-state index is 0.285. The van der Waals surface area contributed by atoms with E-state index in [1.54, 1.807) is 24.3 Å². The predicted molar refractivity (Wildman–Crippen MR) is 90.2 cm³/mol. The molecule has 23 heavy (non-hydrogen) atoms. The minimum Gasteiger partial charge on any atom is -0.344 e. The second kappa shape index (κ2) is 8.10. The molecule has 0 heterocycles. The molecule has 0 bridgehead atoms. The SMILES string of the molecule is Cc1ccc(CNC(=O)C(=O)N/N=C\c2ccc(Cl)cc2)cc1. The molecule has 0 unspecified atom stereocenters. The Kier molecular flexibility index (Phi) is 5.88. The smallest absolute Gasteiger partial charge is 0.329 e. The van der Waals surface area contributed by atoms with E-state index < -0.39 is 11.8 Å². The standard InChI is InChI=1S/C17H16ClN3O2/c1-12-2-4-13(5-3-12)10-19-16(22)17(23)21-20-11-14-6-8-15(18)9-7-14/h2-9,11H,10H2,1H3,(H,19,22)(H,21,23)/b20-11-. The van der Waals surface area contributed by atoms with Crippen molar-refractivity contribution in [2.24, 2.45) is 5.10 Å². The molecule has 0 saturated heterocycles. The van der Waals surface area contributed by atoms with E-state index in [0.717, 1.165) is 16.7 Å². The van der Waals surface area contributed by atoms with Gasteiger partial charge in [-0.05, 0) is 30.2 Å². The highest BCUT2D eigenvalue weighted by Crippen LogP contribution is 2.07. The van der Waals surface area contributed by atoms with Crippen LogP contribution in [0.3, 0.4) is 0 Å². The average molecular weight is 330 g/mol. The molecule has 0 radical (unpaired) electrons. The molecule has 0 saturated carbocycles. The lowest BCUT2D eigenvalue weighted by Crippen LogP contribution is -2.37. The molecule has 0 aliphatic rings. The number of carbonyl (C=O) groups is 2. The summed E-state index contributed by atoms with van der Waals surface area (Å²) in [7, 11) is 0. The topological polar surface area (TPSA) is 70.6 Å². The second-order valence-corrected chi connectivity index (χ2v) is 5.36. The van der Waals surface area contributed by atoms with Gasteiger partial charge in [0.2, 0.25) is 0 Å². The van der Waals surface area contributed by atoms with Crippen LogP contribution in [0.15, 0.2) is 53.6 Å². The van der Waals surface area contributed by atoms with Gasteiger partial charge in [0.25, 0.3) is 0 Å². The molecule has 2 amide bonds. The highest BCUT2D eigenvalue weighted by atomic mass is 35.5. The van der Waals surface area contributed by atoms with E-state index in [0.29, 0.717) is 5.02 Å². The molecular weight excluding hydrogens is 314 g/mol. The number of amides is 2. The molecular formula is C17H16ClN3O2. The Morgan fingerprint density at radius 1 is 1.04 bits per heavy atom. The van der Waals surface area contributed by atoms with E-state index >= 15 is 0 Å². The molecule has 0 aliphatic carbocycles. The number of hydrogen-bond acceptors (Lipinski definition) is 3. The van der Waals surface area contributed by atoms with Crippen LogP contribution in [0.25, 0.3) is 0 Å². The summed E-state index contributed by atoms with van der Waals surface area (Å²) in [6, 6.07) is 14.6. The lowest BCUT2D eigenvalue weighted by atomic mass is 10.1. The molecule has 0 spiro atoms. The van der Waals surface area contributed by atoms with E-state index in [-0.39, 0.29) is 6.54 Å². The lowest BCUT2D eigenvalue weighted by Gasteiger charge is -2.04. The summed E-state index contributed by atoms with van der Waals surface area (Å²) in [5, 5.41) is 6.88. The van der Waals surface area contributed by atoms with Gasteiger partial charge < -0.3 is 5.32 Å². The fourth-order valence-corrected chi connectivity index (χ4v) is 1.86. The minimum atomic E-state index is -0.817. The number of hydrogen-bond donors (Lipinski definition) is 2. The van der Waals surface area contributed by atoms with Crippen LogP contribution in [0.2, 0.25) is 5.02 Å². The third-order valence-corrected chi connectivity index (χ3v) is 3.28. The summed E-state index contributed by atoms with van der Waals surface area (Å²) in [6.07, 6.45) is 1.43. The maximum atomic E-state index is 11.7. The van der Waals surface area contributed by atoms with Crippen LogP contribution < -0.4 is 10.7 Å². The summed E-state index contributed by atoms with van der Waals surface area (Å²) in [5.41, 5.74) is 4.99. The molecule has 0 fully saturated rings. The number of rotatable bonds is 4. The normalized spacial score (nSPS) is 10.5. The van der Waals surface area contributed by atoms with Crippen molar-refractivity contribution >= 4 is 29.6 Å².